The van der Waals surface area contributed by atoms with Crippen molar-refractivity contribution < 1.29 is 18.0 Å². The van der Waals surface area contributed by atoms with E-state index in [0.717, 1.165) is 16.8 Å². The van der Waals surface area contributed by atoms with E-state index in [0.29, 0.717) is 11.9 Å². The van der Waals surface area contributed by atoms with E-state index in [1.165, 1.54) is 11.6 Å². The standard InChI is InChI=1S/C16H16F3N3O/c1-10(9-13(23)16(17,18)19)20-15-14(11(2)21-22(15)3)12-7-5-4-6-8-12/h4-9,20H,1-3H3. The highest BCUT2D eigenvalue weighted by atomic mass is 19.4. The van der Waals surface area contributed by atoms with Gasteiger partial charge in [0, 0.05) is 24.4 Å². The summed E-state index contributed by atoms with van der Waals surface area (Å²) in [6.07, 6.45) is -4.34. The van der Waals surface area contributed by atoms with Gasteiger partial charge in [-0.25, -0.2) is 0 Å². The van der Waals surface area contributed by atoms with Gasteiger partial charge < -0.3 is 5.32 Å². The minimum atomic E-state index is -4.88. The number of aryl methyl sites for hydroxylation is 2. The summed E-state index contributed by atoms with van der Waals surface area (Å²) in [5.74, 6) is -1.37. The second kappa shape index (κ2) is 6.28. The first kappa shape index (κ1) is 16.8. The Morgan fingerprint density at radius 3 is 2.43 bits per heavy atom. The second-order valence-corrected chi connectivity index (χ2v) is 5.11. The number of alkyl halides is 3. The fourth-order valence-corrected chi connectivity index (χ4v) is 2.25. The number of benzene rings is 1. The van der Waals surface area contributed by atoms with Crippen molar-refractivity contribution in [2.24, 2.45) is 7.05 Å². The van der Waals surface area contributed by atoms with Gasteiger partial charge >= 0.3 is 6.18 Å². The zero-order valence-electron chi connectivity index (χ0n) is 12.9. The largest absolute Gasteiger partial charge is 0.454 e. The number of halogens is 3. The van der Waals surface area contributed by atoms with Crippen LogP contribution in [0, 0.1) is 6.92 Å². The third-order valence-corrected chi connectivity index (χ3v) is 3.23. The number of carbonyl (C=O) groups excluding carboxylic acids is 1. The molecule has 0 aliphatic rings. The Morgan fingerprint density at radius 2 is 1.87 bits per heavy atom. The summed E-state index contributed by atoms with van der Waals surface area (Å²) in [6, 6.07) is 9.36. The molecule has 1 heterocycles. The van der Waals surface area contributed by atoms with Crippen LogP contribution in [-0.2, 0) is 11.8 Å². The lowest BCUT2D eigenvalue weighted by Gasteiger charge is -2.11. The van der Waals surface area contributed by atoms with Gasteiger partial charge in [0.05, 0.1) is 5.69 Å². The number of carbonyl (C=O) groups is 1. The molecule has 7 heteroatoms. The molecule has 2 aromatic rings. The topological polar surface area (TPSA) is 46.9 Å². The zero-order chi connectivity index (χ0) is 17.2. The first-order chi connectivity index (χ1) is 10.7. The maximum absolute atomic E-state index is 12.3. The van der Waals surface area contributed by atoms with Crippen LogP contribution in [-0.4, -0.2) is 21.7 Å². The Labute approximate surface area is 131 Å². The number of anilines is 1. The van der Waals surface area contributed by atoms with Crippen molar-refractivity contribution in [1.29, 1.82) is 0 Å². The van der Waals surface area contributed by atoms with Crippen LogP contribution in [0.3, 0.4) is 0 Å². The Bertz CT molecular complexity index is 746. The maximum Gasteiger partial charge on any atom is 0.454 e. The average Bonchev–Trinajstić information content (AvgIpc) is 2.73. The van der Waals surface area contributed by atoms with Gasteiger partial charge in [0.25, 0.3) is 5.78 Å². The molecule has 1 aromatic carbocycles. The summed E-state index contributed by atoms with van der Waals surface area (Å²) in [5, 5.41) is 7.13. The SMILES string of the molecule is CC(=CC(=O)C(F)(F)F)Nc1c(-c2ccccc2)c(C)nn1C. The number of ketones is 1. The van der Waals surface area contributed by atoms with Crippen molar-refractivity contribution in [1.82, 2.24) is 9.78 Å². The van der Waals surface area contributed by atoms with Gasteiger partial charge in [-0.2, -0.15) is 18.3 Å². The normalized spacial score (nSPS) is 12.3. The monoisotopic (exact) mass is 323 g/mol. The molecular formula is C16H16F3N3O. The second-order valence-electron chi connectivity index (χ2n) is 5.11. The van der Waals surface area contributed by atoms with E-state index in [9.17, 15) is 18.0 Å². The fourth-order valence-electron chi connectivity index (χ4n) is 2.25. The molecule has 0 spiro atoms. The summed E-state index contributed by atoms with van der Waals surface area (Å²) in [7, 11) is 1.68. The number of hydrogen-bond donors (Lipinski definition) is 1. The molecule has 23 heavy (non-hydrogen) atoms. The molecule has 1 N–H and O–H groups in total. The number of rotatable bonds is 4. The summed E-state index contributed by atoms with van der Waals surface area (Å²) in [5.41, 5.74) is 2.49. The van der Waals surface area contributed by atoms with Crippen molar-refractivity contribution in [3.05, 3.63) is 47.8 Å². The quantitative estimate of drug-likeness (QED) is 0.870. The molecule has 0 atom stereocenters. The van der Waals surface area contributed by atoms with Crippen molar-refractivity contribution in [2.75, 3.05) is 5.32 Å². The molecule has 1 aromatic heterocycles. The van der Waals surface area contributed by atoms with Gasteiger partial charge in [-0.05, 0) is 19.4 Å². The van der Waals surface area contributed by atoms with Crippen LogP contribution in [0.25, 0.3) is 11.1 Å². The van der Waals surface area contributed by atoms with Gasteiger partial charge in [0.2, 0.25) is 0 Å². The zero-order valence-corrected chi connectivity index (χ0v) is 12.9. The average molecular weight is 323 g/mol. The minimum Gasteiger partial charge on any atom is -0.344 e. The molecule has 4 nitrogen and oxygen atoms in total. The molecular weight excluding hydrogens is 307 g/mol. The van der Waals surface area contributed by atoms with Gasteiger partial charge in [-0.1, -0.05) is 30.3 Å². The molecule has 0 aliphatic heterocycles. The lowest BCUT2D eigenvalue weighted by Crippen LogP contribution is -2.21. The predicted molar refractivity (Wildman–Crippen MR) is 81.8 cm³/mol. The highest BCUT2D eigenvalue weighted by molar-refractivity contribution is 5.95. The lowest BCUT2D eigenvalue weighted by molar-refractivity contribution is -0.165. The summed E-state index contributed by atoms with van der Waals surface area (Å²) < 4.78 is 38.5. The molecule has 0 amide bonds. The van der Waals surface area contributed by atoms with Crippen molar-refractivity contribution >= 4 is 11.6 Å². The van der Waals surface area contributed by atoms with Crippen LogP contribution < -0.4 is 5.32 Å². The number of hydrogen-bond acceptors (Lipinski definition) is 3. The first-order valence-electron chi connectivity index (χ1n) is 6.85. The van der Waals surface area contributed by atoms with Crippen LogP contribution in [0.5, 0.6) is 0 Å². The van der Waals surface area contributed by atoms with E-state index in [-0.39, 0.29) is 5.70 Å². The fraction of sp³-hybridized carbons (Fsp3) is 0.250. The Morgan fingerprint density at radius 1 is 1.26 bits per heavy atom. The minimum absolute atomic E-state index is 0.0903. The first-order valence-corrected chi connectivity index (χ1v) is 6.85. The predicted octanol–water partition coefficient (Wildman–Crippen LogP) is 3.84. The molecule has 2 rings (SSSR count). The highest BCUT2D eigenvalue weighted by Crippen LogP contribution is 2.31. The molecule has 0 aliphatic carbocycles. The van der Waals surface area contributed by atoms with Gasteiger partial charge in [0.15, 0.2) is 0 Å². The van der Waals surface area contributed by atoms with Crippen LogP contribution >= 0.6 is 0 Å². The van der Waals surface area contributed by atoms with E-state index >= 15 is 0 Å². The maximum atomic E-state index is 12.3. The van der Waals surface area contributed by atoms with Crippen LogP contribution in [0.1, 0.15) is 12.6 Å². The van der Waals surface area contributed by atoms with E-state index in [4.69, 9.17) is 0 Å². The van der Waals surface area contributed by atoms with E-state index in [1.807, 2.05) is 37.3 Å². The van der Waals surface area contributed by atoms with E-state index in [2.05, 4.69) is 10.4 Å². The number of nitrogens with one attached hydrogen (secondary N) is 1. The van der Waals surface area contributed by atoms with Gasteiger partial charge in [-0.3, -0.25) is 9.48 Å². The van der Waals surface area contributed by atoms with Crippen LogP contribution in [0.15, 0.2) is 42.1 Å². The summed E-state index contributed by atoms with van der Waals surface area (Å²) >= 11 is 0. The molecule has 0 saturated carbocycles. The molecule has 122 valence electrons. The van der Waals surface area contributed by atoms with E-state index in [1.54, 1.807) is 7.05 Å². The molecule has 0 bridgehead atoms. The lowest BCUT2D eigenvalue weighted by atomic mass is 10.1. The van der Waals surface area contributed by atoms with Crippen molar-refractivity contribution in [3.63, 3.8) is 0 Å². The smallest absolute Gasteiger partial charge is 0.344 e. The van der Waals surface area contributed by atoms with Gasteiger partial charge in [0.1, 0.15) is 5.82 Å². The number of aromatic nitrogens is 2. The van der Waals surface area contributed by atoms with E-state index < -0.39 is 12.0 Å². The highest BCUT2D eigenvalue weighted by Gasteiger charge is 2.36. The Balaban J connectivity index is 2.38. The number of allylic oxidation sites excluding steroid dienone is 2. The van der Waals surface area contributed by atoms with Gasteiger partial charge in [-0.15, -0.1) is 0 Å². The van der Waals surface area contributed by atoms with Crippen LogP contribution in [0.2, 0.25) is 0 Å². The summed E-state index contributed by atoms with van der Waals surface area (Å²) in [6.45, 7) is 3.22. The van der Waals surface area contributed by atoms with Crippen LogP contribution in [0.4, 0.5) is 19.0 Å². The van der Waals surface area contributed by atoms with Crippen molar-refractivity contribution in [2.45, 2.75) is 20.0 Å². The Kier molecular flexibility index (Phi) is 4.58. The third kappa shape index (κ3) is 3.80. The molecule has 0 saturated heterocycles. The molecule has 0 radical (unpaired) electrons. The molecule has 0 unspecified atom stereocenters. The third-order valence-electron chi connectivity index (χ3n) is 3.23. The summed E-state index contributed by atoms with van der Waals surface area (Å²) in [4.78, 5) is 11.0. The van der Waals surface area contributed by atoms with Crippen molar-refractivity contribution in [3.8, 4) is 11.1 Å². The number of nitrogens with zero attached hydrogens (tertiary/aromatic N) is 2. The molecule has 0 fully saturated rings. The Hall–Kier alpha value is -2.57.